The number of hydrogen-bond donors (Lipinski definition) is 2. The molecule has 2 N–H and O–H groups in total. The fourth-order valence-electron chi connectivity index (χ4n) is 3.17. The SMILES string of the molecule is CCNC(=NCC(C)(C)OC)NCC(C1CCCCC1)N(C)C. The van der Waals surface area contributed by atoms with Gasteiger partial charge in [0.15, 0.2) is 5.96 Å². The average Bonchev–Trinajstić information content (AvgIpc) is 2.53. The van der Waals surface area contributed by atoms with E-state index >= 15 is 0 Å². The number of aliphatic imine (C=N–C) groups is 1. The molecule has 136 valence electrons. The van der Waals surface area contributed by atoms with Crippen LogP contribution in [-0.4, -0.2) is 63.3 Å². The van der Waals surface area contributed by atoms with Crippen LogP contribution in [0.1, 0.15) is 52.9 Å². The highest BCUT2D eigenvalue weighted by atomic mass is 16.5. The maximum absolute atomic E-state index is 5.45. The van der Waals surface area contributed by atoms with E-state index in [2.05, 4.69) is 55.4 Å². The van der Waals surface area contributed by atoms with Crippen LogP contribution in [0.2, 0.25) is 0 Å². The highest BCUT2D eigenvalue weighted by molar-refractivity contribution is 5.79. The molecule has 0 spiro atoms. The van der Waals surface area contributed by atoms with E-state index in [-0.39, 0.29) is 5.60 Å². The number of hydrogen-bond acceptors (Lipinski definition) is 3. The summed E-state index contributed by atoms with van der Waals surface area (Å²) in [6.07, 6.45) is 6.88. The molecule has 5 nitrogen and oxygen atoms in total. The van der Waals surface area contributed by atoms with Gasteiger partial charge < -0.3 is 20.3 Å². The molecular formula is C18H38N4O. The van der Waals surface area contributed by atoms with E-state index in [4.69, 9.17) is 4.74 Å². The Hall–Kier alpha value is -0.810. The average molecular weight is 327 g/mol. The van der Waals surface area contributed by atoms with Crippen LogP contribution in [0.3, 0.4) is 0 Å². The molecule has 1 fully saturated rings. The second kappa shape index (κ2) is 10.1. The summed E-state index contributed by atoms with van der Waals surface area (Å²) in [6, 6.07) is 0.564. The van der Waals surface area contributed by atoms with E-state index < -0.39 is 0 Å². The minimum Gasteiger partial charge on any atom is -0.377 e. The number of nitrogens with zero attached hydrogens (tertiary/aromatic N) is 2. The van der Waals surface area contributed by atoms with E-state index in [0.717, 1.165) is 25.0 Å². The van der Waals surface area contributed by atoms with Gasteiger partial charge >= 0.3 is 0 Å². The summed E-state index contributed by atoms with van der Waals surface area (Å²) in [5, 5.41) is 6.88. The maximum atomic E-state index is 5.45. The first kappa shape index (κ1) is 20.2. The Kier molecular flexibility index (Phi) is 8.92. The molecule has 0 bridgehead atoms. The number of rotatable bonds is 8. The monoisotopic (exact) mass is 326 g/mol. The third-order valence-electron chi connectivity index (χ3n) is 4.85. The largest absolute Gasteiger partial charge is 0.377 e. The molecule has 0 saturated heterocycles. The Balaban J connectivity index is 2.61. The summed E-state index contributed by atoms with van der Waals surface area (Å²) < 4.78 is 5.45. The second-order valence-electron chi connectivity index (χ2n) is 7.47. The van der Waals surface area contributed by atoms with Crippen LogP contribution >= 0.6 is 0 Å². The van der Waals surface area contributed by atoms with E-state index in [1.54, 1.807) is 7.11 Å². The van der Waals surface area contributed by atoms with Crippen LogP contribution in [0.25, 0.3) is 0 Å². The minimum absolute atomic E-state index is 0.229. The van der Waals surface area contributed by atoms with Gasteiger partial charge in [-0.1, -0.05) is 19.3 Å². The fraction of sp³-hybridized carbons (Fsp3) is 0.944. The molecule has 0 radical (unpaired) electrons. The molecule has 23 heavy (non-hydrogen) atoms. The zero-order chi connectivity index (χ0) is 17.3. The van der Waals surface area contributed by atoms with Crippen molar-refractivity contribution >= 4 is 5.96 Å². The maximum Gasteiger partial charge on any atom is 0.191 e. The van der Waals surface area contributed by atoms with Crippen molar-refractivity contribution in [1.82, 2.24) is 15.5 Å². The fourth-order valence-corrected chi connectivity index (χ4v) is 3.17. The summed E-state index contributed by atoms with van der Waals surface area (Å²) in [4.78, 5) is 7.05. The van der Waals surface area contributed by atoms with Crippen LogP contribution in [0.4, 0.5) is 0 Å². The van der Waals surface area contributed by atoms with Gasteiger partial charge in [-0.25, -0.2) is 0 Å². The minimum atomic E-state index is -0.229. The Morgan fingerprint density at radius 3 is 2.39 bits per heavy atom. The number of methoxy groups -OCH3 is 1. The van der Waals surface area contributed by atoms with Gasteiger partial charge in [0.1, 0.15) is 0 Å². The molecule has 1 aliphatic carbocycles. The number of guanidine groups is 1. The van der Waals surface area contributed by atoms with Crippen molar-refractivity contribution < 1.29 is 4.74 Å². The first-order valence-electron chi connectivity index (χ1n) is 9.13. The lowest BCUT2D eigenvalue weighted by atomic mass is 9.83. The quantitative estimate of drug-likeness (QED) is 0.531. The molecule has 1 aliphatic rings. The lowest BCUT2D eigenvalue weighted by molar-refractivity contribution is 0.0310. The van der Waals surface area contributed by atoms with Gasteiger partial charge in [0, 0.05) is 26.2 Å². The van der Waals surface area contributed by atoms with E-state index in [9.17, 15) is 0 Å². The predicted molar refractivity (Wildman–Crippen MR) is 99.1 cm³/mol. The Morgan fingerprint density at radius 2 is 1.87 bits per heavy atom. The standard InChI is InChI=1S/C18H38N4O/c1-7-19-17(21-14-18(2,3)23-6)20-13-16(22(4)5)15-11-9-8-10-12-15/h15-16H,7-14H2,1-6H3,(H2,19,20,21). The molecular weight excluding hydrogens is 288 g/mol. The molecule has 0 heterocycles. The van der Waals surface area contributed by atoms with Crippen LogP contribution in [0, 0.1) is 5.92 Å². The Labute approximate surface area is 143 Å². The molecule has 1 unspecified atom stereocenters. The zero-order valence-corrected chi connectivity index (χ0v) is 16.1. The van der Waals surface area contributed by atoms with Crippen molar-refractivity contribution in [2.24, 2.45) is 10.9 Å². The second-order valence-corrected chi connectivity index (χ2v) is 7.47. The van der Waals surface area contributed by atoms with Crippen LogP contribution in [0.5, 0.6) is 0 Å². The first-order chi connectivity index (χ1) is 10.9. The summed E-state index contributed by atoms with van der Waals surface area (Å²) in [5.74, 6) is 1.69. The molecule has 0 aromatic carbocycles. The molecule has 0 amide bonds. The summed E-state index contributed by atoms with van der Waals surface area (Å²) >= 11 is 0. The summed E-state index contributed by atoms with van der Waals surface area (Å²) in [6.45, 7) is 8.68. The van der Waals surface area contributed by atoms with Crippen molar-refractivity contribution in [2.45, 2.75) is 64.5 Å². The van der Waals surface area contributed by atoms with Crippen molar-refractivity contribution in [3.05, 3.63) is 0 Å². The summed E-state index contributed by atoms with van der Waals surface area (Å²) in [7, 11) is 6.12. The van der Waals surface area contributed by atoms with Crippen molar-refractivity contribution in [3.8, 4) is 0 Å². The van der Waals surface area contributed by atoms with Crippen LogP contribution < -0.4 is 10.6 Å². The highest BCUT2D eigenvalue weighted by Gasteiger charge is 2.25. The molecule has 5 heteroatoms. The molecule has 0 aliphatic heterocycles. The first-order valence-corrected chi connectivity index (χ1v) is 9.13. The molecule has 1 atom stereocenters. The van der Waals surface area contributed by atoms with E-state index in [0.29, 0.717) is 12.6 Å². The van der Waals surface area contributed by atoms with Gasteiger partial charge in [-0.2, -0.15) is 0 Å². The van der Waals surface area contributed by atoms with Gasteiger partial charge in [0.05, 0.1) is 12.1 Å². The van der Waals surface area contributed by atoms with Crippen LogP contribution in [0.15, 0.2) is 4.99 Å². The third-order valence-corrected chi connectivity index (χ3v) is 4.85. The lowest BCUT2D eigenvalue weighted by Crippen LogP contribution is -2.48. The third kappa shape index (κ3) is 7.53. The molecule has 0 aromatic heterocycles. The topological polar surface area (TPSA) is 48.9 Å². The van der Waals surface area contributed by atoms with E-state index in [1.807, 2.05) is 0 Å². The van der Waals surface area contributed by atoms with E-state index in [1.165, 1.54) is 32.1 Å². The Morgan fingerprint density at radius 1 is 1.22 bits per heavy atom. The Bertz CT molecular complexity index is 349. The lowest BCUT2D eigenvalue weighted by Gasteiger charge is -2.35. The van der Waals surface area contributed by atoms with Gasteiger partial charge in [-0.15, -0.1) is 0 Å². The smallest absolute Gasteiger partial charge is 0.191 e. The molecule has 1 rings (SSSR count). The van der Waals surface area contributed by atoms with Crippen molar-refractivity contribution in [1.29, 1.82) is 0 Å². The number of likely N-dealkylation sites (N-methyl/N-ethyl adjacent to an activating group) is 1. The van der Waals surface area contributed by atoms with Crippen molar-refractivity contribution in [2.75, 3.05) is 40.8 Å². The number of nitrogens with one attached hydrogen (secondary N) is 2. The van der Waals surface area contributed by atoms with Crippen LogP contribution in [-0.2, 0) is 4.74 Å². The summed E-state index contributed by atoms with van der Waals surface area (Å²) in [5.41, 5.74) is -0.229. The molecule has 1 saturated carbocycles. The predicted octanol–water partition coefficient (Wildman–Crippen LogP) is 2.48. The highest BCUT2D eigenvalue weighted by Crippen LogP contribution is 2.28. The molecule has 0 aromatic rings. The zero-order valence-electron chi connectivity index (χ0n) is 16.1. The normalized spacial score (nSPS) is 19.0. The van der Waals surface area contributed by atoms with Gasteiger partial charge in [-0.3, -0.25) is 4.99 Å². The van der Waals surface area contributed by atoms with Crippen molar-refractivity contribution in [3.63, 3.8) is 0 Å². The van der Waals surface area contributed by atoms with Gasteiger partial charge in [-0.05, 0) is 53.6 Å². The van der Waals surface area contributed by atoms with Gasteiger partial charge in [0.25, 0.3) is 0 Å². The van der Waals surface area contributed by atoms with Gasteiger partial charge in [0.2, 0.25) is 0 Å². The number of ether oxygens (including phenoxy) is 1.